The van der Waals surface area contributed by atoms with E-state index in [4.69, 9.17) is 0 Å². The minimum atomic E-state index is -3.53. The van der Waals surface area contributed by atoms with Crippen molar-refractivity contribution in [1.82, 2.24) is 0 Å². The van der Waals surface area contributed by atoms with E-state index in [1.165, 1.54) is 13.0 Å². The zero-order chi connectivity index (χ0) is 11.0. The summed E-state index contributed by atoms with van der Waals surface area (Å²) in [5.74, 6) is -0.460. The third kappa shape index (κ3) is 3.39. The number of rotatable bonds is 3. The molecule has 7 heteroatoms. The maximum absolute atomic E-state index is 11.0. The number of hydrogen-bond donors (Lipinski definition) is 0. The largest absolute Gasteiger partial charge is 0.267 e. The van der Waals surface area contributed by atoms with E-state index in [0.717, 1.165) is 11.7 Å². The predicted octanol–water partition coefficient (Wildman–Crippen LogP) is -0.0906. The summed E-state index contributed by atoms with van der Waals surface area (Å²) >= 11 is 0. The van der Waals surface area contributed by atoms with Crippen LogP contribution in [0.15, 0.2) is 11.5 Å². The first-order chi connectivity index (χ1) is 6.20. The maximum atomic E-state index is 11.0. The van der Waals surface area contributed by atoms with Crippen LogP contribution in [0.25, 0.3) is 0 Å². The monoisotopic (exact) mass is 240 g/mol. The lowest BCUT2D eigenvalue weighted by Gasteiger charge is -2.15. The van der Waals surface area contributed by atoms with Crippen LogP contribution in [0.3, 0.4) is 0 Å². The van der Waals surface area contributed by atoms with E-state index < -0.39 is 26.1 Å². The first-order valence-corrected chi connectivity index (χ1v) is 7.52. The summed E-state index contributed by atoms with van der Waals surface area (Å²) in [5, 5.41) is 1.10. The van der Waals surface area contributed by atoms with E-state index in [1.807, 2.05) is 0 Å². The molecule has 1 aliphatic heterocycles. The minimum Gasteiger partial charge on any atom is -0.267 e. The number of sulfone groups is 1. The third-order valence-electron chi connectivity index (χ3n) is 1.89. The highest BCUT2D eigenvalue weighted by molar-refractivity contribution is 7.94. The van der Waals surface area contributed by atoms with Gasteiger partial charge in [-0.2, -0.15) is 8.42 Å². The molecule has 0 saturated heterocycles. The highest BCUT2D eigenvalue weighted by atomic mass is 32.2. The smallest absolute Gasteiger partial charge is 0.264 e. The Morgan fingerprint density at radius 2 is 2.07 bits per heavy atom. The molecule has 0 aromatic rings. The molecule has 1 aliphatic rings. The minimum absolute atomic E-state index is 0.0797. The molecule has 0 bridgehead atoms. The molecule has 0 radical (unpaired) electrons. The van der Waals surface area contributed by atoms with Gasteiger partial charge in [-0.3, -0.25) is 4.18 Å². The SMILES string of the molecule is CC(OS(C)(=O)=O)C1C=CS(=O)(=O)C1. The summed E-state index contributed by atoms with van der Waals surface area (Å²) in [6.45, 7) is 1.54. The predicted molar refractivity (Wildman–Crippen MR) is 51.8 cm³/mol. The lowest BCUT2D eigenvalue weighted by molar-refractivity contribution is 0.195. The average molecular weight is 240 g/mol. The molecule has 5 nitrogen and oxygen atoms in total. The zero-order valence-electron chi connectivity index (χ0n) is 7.87. The molecule has 0 saturated carbocycles. The Morgan fingerprint density at radius 1 is 1.50 bits per heavy atom. The van der Waals surface area contributed by atoms with Crippen molar-refractivity contribution in [2.75, 3.05) is 12.0 Å². The number of hydrogen-bond acceptors (Lipinski definition) is 5. The van der Waals surface area contributed by atoms with E-state index in [2.05, 4.69) is 4.18 Å². The Kier molecular flexibility index (Phi) is 3.03. The Labute approximate surface area is 83.8 Å². The van der Waals surface area contributed by atoms with E-state index in [9.17, 15) is 16.8 Å². The van der Waals surface area contributed by atoms with Crippen molar-refractivity contribution < 1.29 is 21.0 Å². The normalized spacial score (nSPS) is 27.7. The third-order valence-corrected chi connectivity index (χ3v) is 3.96. The van der Waals surface area contributed by atoms with Gasteiger partial charge < -0.3 is 0 Å². The molecular formula is C7H12O5S2. The van der Waals surface area contributed by atoms with E-state index >= 15 is 0 Å². The first-order valence-electron chi connectivity index (χ1n) is 3.99. The molecule has 1 heterocycles. The highest BCUT2D eigenvalue weighted by Gasteiger charge is 2.28. The van der Waals surface area contributed by atoms with E-state index in [1.54, 1.807) is 0 Å². The molecule has 2 unspecified atom stereocenters. The van der Waals surface area contributed by atoms with Crippen molar-refractivity contribution in [3.63, 3.8) is 0 Å². The average Bonchev–Trinajstić information content (AvgIpc) is 2.26. The van der Waals surface area contributed by atoms with Crippen molar-refractivity contribution in [1.29, 1.82) is 0 Å². The summed E-state index contributed by atoms with van der Waals surface area (Å²) in [6.07, 6.45) is 1.76. The lowest BCUT2D eigenvalue weighted by Crippen LogP contribution is -2.24. The van der Waals surface area contributed by atoms with Gasteiger partial charge in [0, 0.05) is 11.3 Å². The summed E-state index contributed by atoms with van der Waals surface area (Å²) in [7, 11) is -6.68. The molecule has 0 aliphatic carbocycles. The second-order valence-corrected chi connectivity index (χ2v) is 6.86. The van der Waals surface area contributed by atoms with Crippen LogP contribution in [0.1, 0.15) is 6.92 Å². The molecular weight excluding hydrogens is 228 g/mol. The fourth-order valence-electron chi connectivity index (χ4n) is 1.24. The standard InChI is InChI=1S/C7H12O5S2/c1-6(12-13(2,8)9)7-3-4-14(10,11)5-7/h3-4,6-7H,5H2,1-2H3. The van der Waals surface area contributed by atoms with Gasteiger partial charge >= 0.3 is 0 Å². The molecule has 0 aromatic heterocycles. The van der Waals surface area contributed by atoms with Gasteiger partial charge in [-0.25, -0.2) is 8.42 Å². The molecule has 0 spiro atoms. The molecule has 1 rings (SSSR count). The van der Waals surface area contributed by atoms with Crippen molar-refractivity contribution in [3.8, 4) is 0 Å². The summed E-state index contributed by atoms with van der Waals surface area (Å²) in [4.78, 5) is 0. The van der Waals surface area contributed by atoms with Gasteiger partial charge in [0.1, 0.15) is 0 Å². The second-order valence-electron chi connectivity index (χ2n) is 3.33. The van der Waals surface area contributed by atoms with E-state index in [0.29, 0.717) is 0 Å². The van der Waals surface area contributed by atoms with Crippen molar-refractivity contribution in [3.05, 3.63) is 11.5 Å². The molecule has 0 N–H and O–H groups in total. The molecule has 2 atom stereocenters. The van der Waals surface area contributed by atoms with Gasteiger partial charge in [-0.05, 0) is 6.92 Å². The molecule has 14 heavy (non-hydrogen) atoms. The lowest BCUT2D eigenvalue weighted by atomic mass is 10.1. The molecule has 0 aromatic carbocycles. The van der Waals surface area contributed by atoms with Gasteiger partial charge in [-0.15, -0.1) is 0 Å². The van der Waals surface area contributed by atoms with Gasteiger partial charge in [0.25, 0.3) is 10.1 Å². The van der Waals surface area contributed by atoms with Crippen LogP contribution < -0.4 is 0 Å². The topological polar surface area (TPSA) is 77.5 Å². The highest BCUT2D eigenvalue weighted by Crippen LogP contribution is 2.21. The van der Waals surface area contributed by atoms with Crippen molar-refractivity contribution in [2.45, 2.75) is 13.0 Å². The molecule has 82 valence electrons. The summed E-state index contributed by atoms with van der Waals surface area (Å²) in [6, 6.07) is 0. The Balaban J connectivity index is 2.67. The van der Waals surface area contributed by atoms with Crippen LogP contribution >= 0.6 is 0 Å². The van der Waals surface area contributed by atoms with Crippen molar-refractivity contribution >= 4 is 20.0 Å². The van der Waals surface area contributed by atoms with Gasteiger partial charge in [0.15, 0.2) is 9.84 Å². The summed E-state index contributed by atoms with van der Waals surface area (Å²) < 4.78 is 48.2. The Morgan fingerprint density at radius 3 is 2.43 bits per heavy atom. The van der Waals surface area contributed by atoms with Crippen LogP contribution in [-0.4, -0.2) is 34.9 Å². The van der Waals surface area contributed by atoms with E-state index in [-0.39, 0.29) is 11.7 Å². The van der Waals surface area contributed by atoms with Crippen LogP contribution in [-0.2, 0) is 24.1 Å². The van der Waals surface area contributed by atoms with Crippen LogP contribution in [0.2, 0.25) is 0 Å². The van der Waals surface area contributed by atoms with Gasteiger partial charge in [0.2, 0.25) is 0 Å². The zero-order valence-corrected chi connectivity index (χ0v) is 9.51. The quantitative estimate of drug-likeness (QED) is 0.644. The Hall–Kier alpha value is -0.400. The second kappa shape index (κ2) is 3.63. The fraction of sp³-hybridized carbons (Fsp3) is 0.714. The van der Waals surface area contributed by atoms with Crippen molar-refractivity contribution in [2.24, 2.45) is 5.92 Å². The van der Waals surface area contributed by atoms with Crippen LogP contribution in [0.4, 0.5) is 0 Å². The molecule has 0 amide bonds. The van der Waals surface area contributed by atoms with Crippen LogP contribution in [0.5, 0.6) is 0 Å². The fourth-order valence-corrected chi connectivity index (χ4v) is 3.40. The maximum Gasteiger partial charge on any atom is 0.264 e. The van der Waals surface area contributed by atoms with Gasteiger partial charge in [-0.1, -0.05) is 6.08 Å². The first kappa shape index (κ1) is 11.7. The summed E-state index contributed by atoms with van der Waals surface area (Å²) in [5.41, 5.74) is 0. The Bertz CT molecular complexity index is 431. The van der Waals surface area contributed by atoms with Gasteiger partial charge in [0.05, 0.1) is 18.1 Å². The molecule has 0 fully saturated rings. The van der Waals surface area contributed by atoms with Crippen LogP contribution in [0, 0.1) is 5.92 Å².